The van der Waals surface area contributed by atoms with Gasteiger partial charge in [-0.25, -0.2) is 0 Å². The number of terminal acetylenes is 1. The first-order valence-electron chi connectivity index (χ1n) is 6.48. The zero-order valence-electron chi connectivity index (χ0n) is 11.1. The number of hydrogen-bond acceptors (Lipinski definition) is 2. The van der Waals surface area contributed by atoms with E-state index in [1.807, 2.05) is 7.05 Å². The molecule has 0 spiro atoms. The van der Waals surface area contributed by atoms with Crippen molar-refractivity contribution in [2.45, 2.75) is 57.5 Å². The minimum Gasteiger partial charge on any atom is -0.314 e. The summed E-state index contributed by atoms with van der Waals surface area (Å²) in [7, 11) is 2.02. The molecule has 92 valence electrons. The van der Waals surface area contributed by atoms with E-state index in [0.29, 0.717) is 6.04 Å². The number of likely N-dealkylation sites (tertiary alicyclic amines) is 1. The summed E-state index contributed by atoms with van der Waals surface area (Å²) in [5.74, 6) is 2.79. The largest absolute Gasteiger partial charge is 0.314 e. The Bertz CT molecular complexity index is 232. The molecule has 1 N–H and O–H groups in total. The van der Waals surface area contributed by atoms with Crippen molar-refractivity contribution in [2.24, 2.45) is 0 Å². The topological polar surface area (TPSA) is 15.3 Å². The summed E-state index contributed by atoms with van der Waals surface area (Å²) in [4.78, 5) is 2.61. The molecule has 0 aliphatic carbocycles. The SMILES string of the molecule is C#CCC(NC)C(C)(C)N1CCCCCC1. The minimum atomic E-state index is 0.158. The first-order valence-corrected chi connectivity index (χ1v) is 6.48. The van der Waals surface area contributed by atoms with Crippen LogP contribution in [0.4, 0.5) is 0 Å². The summed E-state index contributed by atoms with van der Waals surface area (Å²) in [5, 5.41) is 3.38. The number of likely N-dealkylation sites (N-methyl/N-ethyl adjacent to an activating group) is 1. The fraction of sp³-hybridized carbons (Fsp3) is 0.857. The Hall–Kier alpha value is -0.520. The Morgan fingerprint density at radius 1 is 1.25 bits per heavy atom. The fourth-order valence-corrected chi connectivity index (χ4v) is 2.69. The zero-order chi connectivity index (χ0) is 12.0. The molecule has 0 radical (unpaired) electrons. The molecule has 0 amide bonds. The molecule has 0 aromatic rings. The lowest BCUT2D eigenvalue weighted by Gasteiger charge is -2.43. The van der Waals surface area contributed by atoms with Gasteiger partial charge in [-0.15, -0.1) is 12.3 Å². The van der Waals surface area contributed by atoms with Gasteiger partial charge in [-0.3, -0.25) is 4.90 Å². The van der Waals surface area contributed by atoms with Crippen LogP contribution in [0.25, 0.3) is 0 Å². The van der Waals surface area contributed by atoms with Crippen LogP contribution >= 0.6 is 0 Å². The summed E-state index contributed by atoms with van der Waals surface area (Å²) < 4.78 is 0. The molecule has 0 saturated carbocycles. The molecule has 0 aromatic carbocycles. The predicted octanol–water partition coefficient (Wildman–Crippen LogP) is 2.25. The Labute approximate surface area is 101 Å². The Morgan fingerprint density at radius 3 is 2.25 bits per heavy atom. The average molecular weight is 222 g/mol. The van der Waals surface area contributed by atoms with E-state index in [1.54, 1.807) is 0 Å². The highest BCUT2D eigenvalue weighted by Gasteiger charge is 2.33. The van der Waals surface area contributed by atoms with Gasteiger partial charge in [0.2, 0.25) is 0 Å². The molecule has 16 heavy (non-hydrogen) atoms. The number of nitrogens with zero attached hydrogens (tertiary/aromatic N) is 1. The number of hydrogen-bond donors (Lipinski definition) is 1. The zero-order valence-corrected chi connectivity index (χ0v) is 11.1. The molecule has 1 unspecified atom stereocenters. The first kappa shape index (κ1) is 13.5. The third-order valence-electron chi connectivity index (χ3n) is 3.94. The Balaban J connectivity index is 2.68. The summed E-state index contributed by atoms with van der Waals surface area (Å²) in [5.41, 5.74) is 0.158. The van der Waals surface area contributed by atoms with Crippen molar-refractivity contribution < 1.29 is 0 Å². The molecular formula is C14H26N2. The van der Waals surface area contributed by atoms with E-state index < -0.39 is 0 Å². The molecule has 1 aliphatic rings. The molecule has 1 fully saturated rings. The van der Waals surface area contributed by atoms with E-state index in [1.165, 1.54) is 38.8 Å². The van der Waals surface area contributed by atoms with Crippen molar-refractivity contribution in [1.29, 1.82) is 0 Å². The normalized spacial score (nSPS) is 21.1. The van der Waals surface area contributed by atoms with Gasteiger partial charge in [0.15, 0.2) is 0 Å². The van der Waals surface area contributed by atoms with Gasteiger partial charge in [0, 0.05) is 18.0 Å². The van der Waals surface area contributed by atoms with Gasteiger partial charge in [-0.05, 0) is 46.8 Å². The predicted molar refractivity (Wildman–Crippen MR) is 70.4 cm³/mol. The molecule has 2 heteroatoms. The smallest absolute Gasteiger partial charge is 0.0354 e. The van der Waals surface area contributed by atoms with E-state index in [2.05, 4.69) is 30.0 Å². The molecule has 1 saturated heterocycles. The van der Waals surface area contributed by atoms with E-state index in [9.17, 15) is 0 Å². The van der Waals surface area contributed by atoms with Crippen molar-refractivity contribution in [3.05, 3.63) is 0 Å². The second-order valence-corrected chi connectivity index (χ2v) is 5.30. The van der Waals surface area contributed by atoms with Crippen LogP contribution in [0.3, 0.4) is 0 Å². The maximum atomic E-state index is 5.45. The van der Waals surface area contributed by atoms with Gasteiger partial charge in [-0.2, -0.15) is 0 Å². The summed E-state index contributed by atoms with van der Waals surface area (Å²) in [6.07, 6.45) is 11.7. The fourth-order valence-electron chi connectivity index (χ4n) is 2.69. The summed E-state index contributed by atoms with van der Waals surface area (Å²) in [6.45, 7) is 7.07. The maximum Gasteiger partial charge on any atom is 0.0354 e. The third-order valence-corrected chi connectivity index (χ3v) is 3.94. The highest BCUT2D eigenvalue weighted by Crippen LogP contribution is 2.24. The lowest BCUT2D eigenvalue weighted by atomic mass is 9.90. The number of nitrogens with one attached hydrogen (secondary N) is 1. The molecule has 1 aliphatic heterocycles. The second-order valence-electron chi connectivity index (χ2n) is 5.30. The highest BCUT2D eigenvalue weighted by atomic mass is 15.2. The van der Waals surface area contributed by atoms with Crippen molar-refractivity contribution in [3.63, 3.8) is 0 Å². The molecule has 0 bridgehead atoms. The Morgan fingerprint density at radius 2 is 1.81 bits per heavy atom. The van der Waals surface area contributed by atoms with Gasteiger partial charge in [0.1, 0.15) is 0 Å². The van der Waals surface area contributed by atoms with Crippen LogP contribution in [0.15, 0.2) is 0 Å². The monoisotopic (exact) mass is 222 g/mol. The van der Waals surface area contributed by atoms with Crippen LogP contribution in [-0.4, -0.2) is 36.6 Å². The molecular weight excluding hydrogens is 196 g/mol. The van der Waals surface area contributed by atoms with E-state index >= 15 is 0 Å². The van der Waals surface area contributed by atoms with Gasteiger partial charge in [0.25, 0.3) is 0 Å². The molecule has 2 nitrogen and oxygen atoms in total. The standard InChI is InChI=1S/C14H26N2/c1-5-10-13(15-4)14(2,3)16-11-8-6-7-9-12-16/h1,13,15H,6-12H2,2-4H3. The number of rotatable bonds is 4. The van der Waals surface area contributed by atoms with E-state index in [0.717, 1.165) is 6.42 Å². The van der Waals surface area contributed by atoms with Crippen molar-refractivity contribution in [3.8, 4) is 12.3 Å². The van der Waals surface area contributed by atoms with E-state index in [-0.39, 0.29) is 5.54 Å². The Kier molecular flexibility index (Phi) is 5.31. The highest BCUT2D eigenvalue weighted by molar-refractivity contribution is 5.00. The molecule has 0 aromatic heterocycles. The van der Waals surface area contributed by atoms with Crippen LogP contribution in [0.1, 0.15) is 46.0 Å². The van der Waals surface area contributed by atoms with Gasteiger partial charge in [-0.1, -0.05) is 12.8 Å². The van der Waals surface area contributed by atoms with Crippen molar-refractivity contribution >= 4 is 0 Å². The third kappa shape index (κ3) is 3.23. The van der Waals surface area contributed by atoms with Crippen LogP contribution in [0.2, 0.25) is 0 Å². The van der Waals surface area contributed by atoms with Crippen LogP contribution in [0, 0.1) is 12.3 Å². The maximum absolute atomic E-state index is 5.45. The second kappa shape index (κ2) is 6.27. The average Bonchev–Trinajstić information content (AvgIpc) is 2.54. The molecule has 1 rings (SSSR count). The first-order chi connectivity index (χ1) is 7.62. The van der Waals surface area contributed by atoms with E-state index in [4.69, 9.17) is 6.42 Å². The summed E-state index contributed by atoms with van der Waals surface area (Å²) >= 11 is 0. The molecule has 1 atom stereocenters. The summed E-state index contributed by atoms with van der Waals surface area (Å²) in [6, 6.07) is 0.385. The lowest BCUT2D eigenvalue weighted by Crippen LogP contribution is -2.57. The van der Waals surface area contributed by atoms with Crippen LogP contribution < -0.4 is 5.32 Å². The minimum absolute atomic E-state index is 0.158. The van der Waals surface area contributed by atoms with Gasteiger partial charge < -0.3 is 5.32 Å². The lowest BCUT2D eigenvalue weighted by molar-refractivity contribution is 0.0882. The van der Waals surface area contributed by atoms with Crippen molar-refractivity contribution in [2.75, 3.05) is 20.1 Å². The van der Waals surface area contributed by atoms with Crippen molar-refractivity contribution in [1.82, 2.24) is 10.2 Å². The molecule has 1 heterocycles. The van der Waals surface area contributed by atoms with Crippen LogP contribution in [0.5, 0.6) is 0 Å². The van der Waals surface area contributed by atoms with Gasteiger partial charge >= 0.3 is 0 Å². The van der Waals surface area contributed by atoms with Gasteiger partial charge in [0.05, 0.1) is 0 Å². The van der Waals surface area contributed by atoms with Crippen LogP contribution in [-0.2, 0) is 0 Å². The quantitative estimate of drug-likeness (QED) is 0.734.